The summed E-state index contributed by atoms with van der Waals surface area (Å²) in [6.45, 7) is 5.41. The van der Waals surface area contributed by atoms with Crippen LogP contribution in [0.25, 0.3) is 0 Å². The van der Waals surface area contributed by atoms with Crippen LogP contribution in [-0.2, 0) is 0 Å². The largest absolute Gasteiger partial charge is 0.396 e. The number of nitrogens with zero attached hydrogens (tertiary/aromatic N) is 1. The van der Waals surface area contributed by atoms with E-state index in [4.69, 9.17) is 0 Å². The lowest BCUT2D eigenvalue weighted by Gasteiger charge is -2.27. The SMILES string of the molecule is CC(C)C(CO)CN(C)c1ccccc1Br. The molecule has 0 fully saturated rings. The van der Waals surface area contributed by atoms with E-state index in [9.17, 15) is 5.11 Å². The minimum atomic E-state index is 0.243. The van der Waals surface area contributed by atoms with Gasteiger partial charge in [-0.15, -0.1) is 0 Å². The molecule has 0 amide bonds. The molecule has 0 aliphatic rings. The van der Waals surface area contributed by atoms with Crippen molar-refractivity contribution < 1.29 is 5.11 Å². The normalized spacial score (nSPS) is 12.9. The molecule has 0 saturated heterocycles. The maximum Gasteiger partial charge on any atom is 0.0508 e. The van der Waals surface area contributed by atoms with Gasteiger partial charge in [0.2, 0.25) is 0 Å². The quantitative estimate of drug-likeness (QED) is 0.898. The van der Waals surface area contributed by atoms with E-state index in [1.165, 1.54) is 5.69 Å². The molecular weight excluding hydrogens is 266 g/mol. The Morgan fingerprint density at radius 2 is 1.94 bits per heavy atom. The molecule has 0 heterocycles. The monoisotopic (exact) mass is 285 g/mol. The first-order valence-corrected chi connectivity index (χ1v) is 6.42. The summed E-state index contributed by atoms with van der Waals surface area (Å²) in [6.07, 6.45) is 0. The zero-order chi connectivity index (χ0) is 12.1. The molecule has 1 N–H and O–H groups in total. The summed E-state index contributed by atoms with van der Waals surface area (Å²) in [6, 6.07) is 8.15. The smallest absolute Gasteiger partial charge is 0.0508 e. The number of rotatable bonds is 5. The summed E-state index contributed by atoms with van der Waals surface area (Å²) in [5.41, 5.74) is 1.17. The van der Waals surface area contributed by atoms with Gasteiger partial charge in [-0.25, -0.2) is 0 Å². The summed E-state index contributed by atoms with van der Waals surface area (Å²) < 4.78 is 1.10. The van der Waals surface area contributed by atoms with Crippen molar-refractivity contribution in [1.29, 1.82) is 0 Å². The van der Waals surface area contributed by atoms with Crippen molar-refractivity contribution >= 4 is 21.6 Å². The first-order valence-electron chi connectivity index (χ1n) is 5.62. The van der Waals surface area contributed by atoms with E-state index in [0.29, 0.717) is 11.8 Å². The molecule has 1 unspecified atom stereocenters. The Labute approximate surface area is 106 Å². The van der Waals surface area contributed by atoms with Crippen LogP contribution >= 0.6 is 15.9 Å². The van der Waals surface area contributed by atoms with Gasteiger partial charge in [0, 0.05) is 30.6 Å². The second-order valence-corrected chi connectivity index (χ2v) is 5.37. The van der Waals surface area contributed by atoms with E-state index >= 15 is 0 Å². The van der Waals surface area contributed by atoms with Crippen LogP contribution in [0.5, 0.6) is 0 Å². The van der Waals surface area contributed by atoms with Crippen molar-refractivity contribution in [1.82, 2.24) is 0 Å². The lowest BCUT2D eigenvalue weighted by molar-refractivity contribution is 0.193. The summed E-state index contributed by atoms with van der Waals surface area (Å²) in [7, 11) is 2.06. The molecule has 0 bridgehead atoms. The minimum Gasteiger partial charge on any atom is -0.396 e. The van der Waals surface area contributed by atoms with Gasteiger partial charge in [0.05, 0.1) is 5.69 Å². The Morgan fingerprint density at radius 3 is 2.44 bits per heavy atom. The van der Waals surface area contributed by atoms with E-state index in [-0.39, 0.29) is 6.61 Å². The number of aliphatic hydroxyl groups is 1. The second kappa shape index (κ2) is 6.26. The van der Waals surface area contributed by atoms with E-state index in [1.54, 1.807) is 0 Å². The number of halogens is 1. The van der Waals surface area contributed by atoms with Crippen LogP contribution in [0.3, 0.4) is 0 Å². The lowest BCUT2D eigenvalue weighted by Crippen LogP contribution is -2.30. The first-order chi connectivity index (χ1) is 7.56. The fourth-order valence-electron chi connectivity index (χ4n) is 1.69. The molecule has 0 spiro atoms. The first kappa shape index (κ1) is 13.5. The fraction of sp³-hybridized carbons (Fsp3) is 0.538. The fourth-order valence-corrected chi connectivity index (χ4v) is 2.28. The number of para-hydroxylation sites is 1. The maximum atomic E-state index is 9.32. The number of hydrogen-bond donors (Lipinski definition) is 1. The summed E-state index contributed by atoms with van der Waals surface area (Å²) >= 11 is 3.54. The minimum absolute atomic E-state index is 0.243. The molecule has 0 aromatic heterocycles. The highest BCUT2D eigenvalue weighted by Gasteiger charge is 2.15. The summed E-state index contributed by atoms with van der Waals surface area (Å²) in [4.78, 5) is 2.19. The predicted octanol–water partition coefficient (Wildman–Crippen LogP) is 3.15. The van der Waals surface area contributed by atoms with Crippen molar-refractivity contribution in [3.05, 3.63) is 28.7 Å². The third kappa shape index (κ3) is 3.49. The molecule has 1 rings (SSSR count). The van der Waals surface area contributed by atoms with Crippen molar-refractivity contribution in [2.75, 3.05) is 25.1 Å². The molecule has 1 atom stereocenters. The number of aliphatic hydroxyl groups excluding tert-OH is 1. The Balaban J connectivity index is 2.72. The highest BCUT2D eigenvalue weighted by atomic mass is 79.9. The molecule has 16 heavy (non-hydrogen) atoms. The predicted molar refractivity (Wildman–Crippen MR) is 72.8 cm³/mol. The maximum absolute atomic E-state index is 9.32. The molecule has 0 aliphatic heterocycles. The second-order valence-electron chi connectivity index (χ2n) is 4.52. The van der Waals surface area contributed by atoms with Crippen LogP contribution in [-0.4, -0.2) is 25.3 Å². The van der Waals surface area contributed by atoms with Crippen LogP contribution < -0.4 is 4.90 Å². The molecule has 90 valence electrons. The van der Waals surface area contributed by atoms with Gasteiger partial charge in [-0.3, -0.25) is 0 Å². The van der Waals surface area contributed by atoms with Gasteiger partial charge in [0.15, 0.2) is 0 Å². The van der Waals surface area contributed by atoms with Crippen LogP contribution in [0.1, 0.15) is 13.8 Å². The molecule has 0 radical (unpaired) electrons. The molecule has 0 saturated carbocycles. The van der Waals surface area contributed by atoms with Gasteiger partial charge < -0.3 is 10.0 Å². The lowest BCUT2D eigenvalue weighted by atomic mass is 9.96. The van der Waals surface area contributed by atoms with Crippen LogP contribution in [0, 0.1) is 11.8 Å². The highest BCUT2D eigenvalue weighted by Crippen LogP contribution is 2.26. The average Bonchev–Trinajstić information content (AvgIpc) is 2.25. The molecular formula is C13H20BrNO. The Morgan fingerprint density at radius 1 is 1.31 bits per heavy atom. The van der Waals surface area contributed by atoms with Crippen molar-refractivity contribution in [3.8, 4) is 0 Å². The zero-order valence-electron chi connectivity index (χ0n) is 10.2. The van der Waals surface area contributed by atoms with E-state index < -0.39 is 0 Å². The number of hydrogen-bond acceptors (Lipinski definition) is 2. The van der Waals surface area contributed by atoms with Gasteiger partial charge in [-0.1, -0.05) is 26.0 Å². The van der Waals surface area contributed by atoms with Crippen molar-refractivity contribution in [2.45, 2.75) is 13.8 Å². The summed E-state index contributed by atoms with van der Waals surface area (Å²) in [5, 5.41) is 9.32. The van der Waals surface area contributed by atoms with Crippen molar-refractivity contribution in [2.24, 2.45) is 11.8 Å². The van der Waals surface area contributed by atoms with Crippen molar-refractivity contribution in [3.63, 3.8) is 0 Å². The molecule has 0 aliphatic carbocycles. The topological polar surface area (TPSA) is 23.5 Å². The molecule has 1 aromatic rings. The van der Waals surface area contributed by atoms with Crippen LogP contribution in [0.15, 0.2) is 28.7 Å². The van der Waals surface area contributed by atoms with Gasteiger partial charge in [0.25, 0.3) is 0 Å². The molecule has 1 aromatic carbocycles. The van der Waals surface area contributed by atoms with Gasteiger partial charge in [-0.2, -0.15) is 0 Å². The number of benzene rings is 1. The van der Waals surface area contributed by atoms with Crippen LogP contribution in [0.2, 0.25) is 0 Å². The summed E-state index contributed by atoms with van der Waals surface area (Å²) in [5.74, 6) is 0.812. The standard InChI is InChI=1S/C13H20BrNO/c1-10(2)11(9-16)8-15(3)13-7-5-4-6-12(13)14/h4-7,10-11,16H,8-9H2,1-3H3. The third-order valence-corrected chi connectivity index (χ3v) is 3.62. The Bertz CT molecular complexity index is 327. The van der Waals surface area contributed by atoms with Crippen LogP contribution in [0.4, 0.5) is 5.69 Å². The average molecular weight is 286 g/mol. The van der Waals surface area contributed by atoms with E-state index in [0.717, 1.165) is 11.0 Å². The number of anilines is 1. The molecule has 2 nitrogen and oxygen atoms in total. The van der Waals surface area contributed by atoms with E-state index in [2.05, 4.69) is 47.8 Å². The third-order valence-electron chi connectivity index (χ3n) is 2.95. The van der Waals surface area contributed by atoms with Gasteiger partial charge in [0.1, 0.15) is 0 Å². The van der Waals surface area contributed by atoms with Gasteiger partial charge >= 0.3 is 0 Å². The Hall–Kier alpha value is -0.540. The highest BCUT2D eigenvalue weighted by molar-refractivity contribution is 9.10. The van der Waals surface area contributed by atoms with Gasteiger partial charge in [-0.05, 0) is 34.0 Å². The molecule has 3 heteroatoms. The van der Waals surface area contributed by atoms with E-state index in [1.807, 2.05) is 18.2 Å². The zero-order valence-corrected chi connectivity index (χ0v) is 11.7. The Kier molecular flexibility index (Phi) is 5.29.